The van der Waals surface area contributed by atoms with Gasteiger partial charge in [-0.1, -0.05) is 15.9 Å². The van der Waals surface area contributed by atoms with Gasteiger partial charge in [0.05, 0.1) is 6.10 Å². The molecule has 0 saturated carbocycles. The summed E-state index contributed by atoms with van der Waals surface area (Å²) in [6, 6.07) is 4.66. The average molecular weight is 334 g/mol. The van der Waals surface area contributed by atoms with E-state index in [0.717, 1.165) is 24.0 Å². The molecule has 0 fully saturated rings. The van der Waals surface area contributed by atoms with E-state index in [9.17, 15) is 4.39 Å². The van der Waals surface area contributed by atoms with E-state index in [0.29, 0.717) is 13.2 Å². The monoisotopic (exact) mass is 333 g/mol. The quantitative estimate of drug-likeness (QED) is 0.703. The minimum Gasteiger partial charge on any atom is -0.489 e. The first-order valence-corrected chi connectivity index (χ1v) is 7.29. The minimum absolute atomic E-state index is 0.277. The van der Waals surface area contributed by atoms with E-state index in [1.165, 1.54) is 6.07 Å². The molecular weight excluding hydrogens is 313 g/mol. The second-order valence-electron chi connectivity index (χ2n) is 4.45. The van der Waals surface area contributed by atoms with Crippen LogP contribution in [0.25, 0.3) is 0 Å². The van der Waals surface area contributed by atoms with Crippen molar-refractivity contribution >= 4 is 15.9 Å². The molecule has 19 heavy (non-hydrogen) atoms. The molecule has 1 rings (SSSR count). The van der Waals surface area contributed by atoms with Gasteiger partial charge in [0, 0.05) is 17.6 Å². The third kappa shape index (κ3) is 7.50. The fraction of sp³-hybridized carbons (Fsp3) is 0.571. The molecule has 0 aliphatic rings. The Hall–Kier alpha value is -0.650. The molecule has 1 N–H and O–H groups in total. The number of ether oxygens (including phenoxy) is 2. The highest BCUT2D eigenvalue weighted by molar-refractivity contribution is 9.10. The second-order valence-corrected chi connectivity index (χ2v) is 5.36. The van der Waals surface area contributed by atoms with Crippen LogP contribution in [0.3, 0.4) is 0 Å². The molecule has 0 bridgehead atoms. The first kappa shape index (κ1) is 16.4. The van der Waals surface area contributed by atoms with Gasteiger partial charge < -0.3 is 14.8 Å². The predicted octanol–water partition coefficient (Wildman–Crippen LogP) is 3.37. The van der Waals surface area contributed by atoms with Crippen molar-refractivity contribution in [3.8, 4) is 5.75 Å². The Morgan fingerprint density at radius 3 is 2.79 bits per heavy atom. The number of rotatable bonds is 9. The molecule has 0 radical (unpaired) electrons. The summed E-state index contributed by atoms with van der Waals surface area (Å²) in [5.74, 6) is -0.0622. The number of hydrogen-bond acceptors (Lipinski definition) is 3. The summed E-state index contributed by atoms with van der Waals surface area (Å²) >= 11 is 3.28. The van der Waals surface area contributed by atoms with Crippen LogP contribution in [0.2, 0.25) is 0 Å². The summed E-state index contributed by atoms with van der Waals surface area (Å²) in [6.45, 7) is 6.80. The molecule has 0 amide bonds. The molecule has 0 atom stereocenters. The van der Waals surface area contributed by atoms with Crippen molar-refractivity contribution in [1.29, 1.82) is 0 Å². The normalized spacial score (nSPS) is 11.0. The van der Waals surface area contributed by atoms with Crippen molar-refractivity contribution in [2.24, 2.45) is 0 Å². The van der Waals surface area contributed by atoms with Crippen molar-refractivity contribution in [2.45, 2.75) is 26.4 Å². The van der Waals surface area contributed by atoms with Gasteiger partial charge in [-0.15, -0.1) is 0 Å². The topological polar surface area (TPSA) is 30.5 Å². The highest BCUT2D eigenvalue weighted by Gasteiger charge is 2.03. The third-order valence-electron chi connectivity index (χ3n) is 2.38. The summed E-state index contributed by atoms with van der Waals surface area (Å²) in [6.07, 6.45) is 1.24. The molecule has 0 aliphatic carbocycles. The molecule has 0 spiro atoms. The van der Waals surface area contributed by atoms with Crippen LogP contribution < -0.4 is 10.1 Å². The Morgan fingerprint density at radius 1 is 1.26 bits per heavy atom. The Labute approximate surface area is 122 Å². The first-order valence-electron chi connectivity index (χ1n) is 6.49. The highest BCUT2D eigenvalue weighted by Crippen LogP contribution is 2.21. The smallest absolute Gasteiger partial charge is 0.165 e. The van der Waals surface area contributed by atoms with Crippen molar-refractivity contribution < 1.29 is 13.9 Å². The average Bonchev–Trinajstić information content (AvgIpc) is 2.36. The van der Waals surface area contributed by atoms with Gasteiger partial charge >= 0.3 is 0 Å². The zero-order chi connectivity index (χ0) is 14.1. The first-order chi connectivity index (χ1) is 9.09. The molecule has 5 heteroatoms. The minimum atomic E-state index is -0.339. The van der Waals surface area contributed by atoms with Crippen molar-refractivity contribution in [2.75, 3.05) is 26.3 Å². The molecule has 1 aromatic carbocycles. The maximum absolute atomic E-state index is 13.3. The number of halogens is 2. The van der Waals surface area contributed by atoms with Gasteiger partial charge in [-0.05, 0) is 45.0 Å². The van der Waals surface area contributed by atoms with Crippen molar-refractivity contribution in [1.82, 2.24) is 5.32 Å². The molecule has 1 aromatic rings. The van der Waals surface area contributed by atoms with Gasteiger partial charge in [-0.2, -0.15) is 0 Å². The fourth-order valence-corrected chi connectivity index (χ4v) is 1.80. The zero-order valence-electron chi connectivity index (χ0n) is 11.4. The predicted molar refractivity (Wildman–Crippen MR) is 78.2 cm³/mol. The Kier molecular flexibility index (Phi) is 8.02. The van der Waals surface area contributed by atoms with E-state index < -0.39 is 0 Å². The summed E-state index contributed by atoms with van der Waals surface area (Å²) in [7, 11) is 0. The molecule has 0 heterocycles. The maximum Gasteiger partial charge on any atom is 0.165 e. The van der Waals surface area contributed by atoms with Crippen LogP contribution in [0.4, 0.5) is 4.39 Å². The summed E-state index contributed by atoms with van der Waals surface area (Å²) in [5.41, 5.74) is 0. The highest BCUT2D eigenvalue weighted by atomic mass is 79.9. The van der Waals surface area contributed by atoms with Crippen LogP contribution in [-0.4, -0.2) is 32.4 Å². The van der Waals surface area contributed by atoms with Crippen LogP contribution in [0, 0.1) is 5.82 Å². The van der Waals surface area contributed by atoms with Gasteiger partial charge in [-0.25, -0.2) is 4.39 Å². The van der Waals surface area contributed by atoms with Crippen molar-refractivity contribution in [3.63, 3.8) is 0 Å². The van der Waals surface area contributed by atoms with Gasteiger partial charge in [0.15, 0.2) is 11.6 Å². The summed E-state index contributed by atoms with van der Waals surface area (Å²) < 4.78 is 24.9. The van der Waals surface area contributed by atoms with E-state index in [-0.39, 0.29) is 17.7 Å². The van der Waals surface area contributed by atoms with Gasteiger partial charge in [0.25, 0.3) is 0 Å². The third-order valence-corrected chi connectivity index (χ3v) is 2.87. The number of hydrogen-bond donors (Lipinski definition) is 1. The fourth-order valence-electron chi connectivity index (χ4n) is 1.46. The lowest BCUT2D eigenvalue weighted by molar-refractivity contribution is 0.0769. The largest absolute Gasteiger partial charge is 0.489 e. The molecule has 0 aromatic heterocycles. The van der Waals surface area contributed by atoms with Crippen LogP contribution in [0.1, 0.15) is 20.3 Å². The van der Waals surface area contributed by atoms with E-state index >= 15 is 0 Å². The Balaban J connectivity index is 2.06. The van der Waals surface area contributed by atoms with Crippen LogP contribution >= 0.6 is 15.9 Å². The van der Waals surface area contributed by atoms with Crippen LogP contribution in [-0.2, 0) is 4.74 Å². The Morgan fingerprint density at radius 2 is 2.05 bits per heavy atom. The maximum atomic E-state index is 13.3. The van der Waals surface area contributed by atoms with Gasteiger partial charge in [-0.3, -0.25) is 0 Å². The standard InChI is InChI=1S/C14H21BrFNO2/c1-11(2)18-8-3-6-17-7-9-19-14-10-12(15)4-5-13(14)16/h4-5,10-11,17H,3,6-9H2,1-2H3. The summed E-state index contributed by atoms with van der Waals surface area (Å²) in [5, 5.41) is 3.22. The molecule has 0 saturated heterocycles. The molecule has 108 valence electrons. The lowest BCUT2D eigenvalue weighted by Gasteiger charge is -2.10. The van der Waals surface area contributed by atoms with E-state index in [4.69, 9.17) is 9.47 Å². The van der Waals surface area contributed by atoms with Crippen molar-refractivity contribution in [3.05, 3.63) is 28.5 Å². The molecule has 3 nitrogen and oxygen atoms in total. The van der Waals surface area contributed by atoms with Crippen LogP contribution in [0.15, 0.2) is 22.7 Å². The lowest BCUT2D eigenvalue weighted by Crippen LogP contribution is -2.23. The SMILES string of the molecule is CC(C)OCCCNCCOc1cc(Br)ccc1F. The zero-order valence-corrected chi connectivity index (χ0v) is 13.0. The van der Waals surface area contributed by atoms with E-state index in [1.54, 1.807) is 12.1 Å². The number of benzene rings is 1. The Bertz CT molecular complexity index is 374. The molecular formula is C14H21BrFNO2. The number of nitrogens with one attached hydrogen (secondary N) is 1. The summed E-state index contributed by atoms with van der Waals surface area (Å²) in [4.78, 5) is 0. The lowest BCUT2D eigenvalue weighted by atomic mass is 10.3. The van der Waals surface area contributed by atoms with Crippen LogP contribution in [0.5, 0.6) is 5.75 Å². The van der Waals surface area contributed by atoms with E-state index in [1.807, 2.05) is 13.8 Å². The molecule has 0 aliphatic heterocycles. The van der Waals surface area contributed by atoms with Gasteiger partial charge in [0.1, 0.15) is 6.61 Å². The van der Waals surface area contributed by atoms with E-state index in [2.05, 4.69) is 21.2 Å². The molecule has 0 unspecified atom stereocenters. The van der Waals surface area contributed by atoms with Gasteiger partial charge in [0.2, 0.25) is 0 Å². The second kappa shape index (κ2) is 9.28.